The van der Waals surface area contributed by atoms with E-state index in [4.69, 9.17) is 0 Å². The van der Waals surface area contributed by atoms with E-state index in [2.05, 4.69) is 177 Å². The molecule has 0 fully saturated rings. The molecule has 2 unspecified atom stereocenters. The molecule has 0 amide bonds. The van der Waals surface area contributed by atoms with E-state index in [1.807, 2.05) is 12.2 Å². The molecular formula is C46H41N3. The molecule has 4 aromatic rings. The van der Waals surface area contributed by atoms with Crippen LogP contribution in [0.2, 0.25) is 0 Å². The Labute approximate surface area is 291 Å². The van der Waals surface area contributed by atoms with Crippen molar-refractivity contribution in [3.05, 3.63) is 192 Å². The summed E-state index contributed by atoms with van der Waals surface area (Å²) in [6.45, 7) is 10.4. The van der Waals surface area contributed by atoms with Gasteiger partial charge in [0.05, 0.1) is 23.2 Å². The van der Waals surface area contributed by atoms with E-state index >= 15 is 0 Å². The first-order chi connectivity index (χ1) is 23.9. The van der Waals surface area contributed by atoms with Crippen LogP contribution in [0.15, 0.2) is 175 Å². The number of rotatable bonds is 8. The summed E-state index contributed by atoms with van der Waals surface area (Å²) in [4.78, 5) is 4.98. The van der Waals surface area contributed by atoms with Gasteiger partial charge in [-0.2, -0.15) is 5.26 Å². The molecule has 7 rings (SSSR count). The van der Waals surface area contributed by atoms with Crippen molar-refractivity contribution in [3.63, 3.8) is 0 Å². The van der Waals surface area contributed by atoms with Crippen molar-refractivity contribution in [3.8, 4) is 6.07 Å². The van der Waals surface area contributed by atoms with Crippen LogP contribution in [0.3, 0.4) is 0 Å². The molecule has 49 heavy (non-hydrogen) atoms. The Morgan fingerprint density at radius 3 is 2.35 bits per heavy atom. The van der Waals surface area contributed by atoms with Crippen LogP contribution in [-0.2, 0) is 0 Å². The van der Waals surface area contributed by atoms with Crippen molar-refractivity contribution >= 4 is 33.9 Å². The average molecular weight is 636 g/mol. The Balaban J connectivity index is 1.24. The van der Waals surface area contributed by atoms with Crippen LogP contribution in [0.5, 0.6) is 0 Å². The van der Waals surface area contributed by atoms with Gasteiger partial charge in [0.2, 0.25) is 0 Å². The van der Waals surface area contributed by atoms with E-state index in [9.17, 15) is 5.26 Å². The molecule has 0 saturated carbocycles. The maximum absolute atomic E-state index is 9.36. The highest BCUT2D eigenvalue weighted by molar-refractivity contribution is 5.95. The molecule has 0 bridgehead atoms. The molecule has 0 aromatic heterocycles. The van der Waals surface area contributed by atoms with E-state index in [0.717, 1.165) is 24.0 Å². The summed E-state index contributed by atoms with van der Waals surface area (Å²) in [6, 6.07) is 39.3. The fourth-order valence-corrected chi connectivity index (χ4v) is 7.35. The molecular weight excluding hydrogens is 595 g/mol. The highest BCUT2D eigenvalue weighted by Gasteiger charge is 2.37. The average Bonchev–Trinajstić information content (AvgIpc) is 3.47. The Morgan fingerprint density at radius 2 is 1.65 bits per heavy atom. The van der Waals surface area contributed by atoms with E-state index < -0.39 is 0 Å². The van der Waals surface area contributed by atoms with E-state index in [-0.39, 0.29) is 11.6 Å². The van der Waals surface area contributed by atoms with Crippen LogP contribution in [0.25, 0.3) is 11.1 Å². The molecule has 0 radical (unpaired) electrons. The van der Waals surface area contributed by atoms with Crippen LogP contribution in [0.1, 0.15) is 43.4 Å². The number of allylic oxidation sites excluding steroid dienone is 9. The zero-order valence-electron chi connectivity index (χ0n) is 28.5. The molecule has 2 aliphatic carbocycles. The van der Waals surface area contributed by atoms with Crippen molar-refractivity contribution in [1.29, 1.82) is 5.26 Å². The zero-order valence-corrected chi connectivity index (χ0v) is 28.5. The van der Waals surface area contributed by atoms with Gasteiger partial charge in [-0.3, -0.25) is 0 Å². The Hall–Kier alpha value is -5.85. The van der Waals surface area contributed by atoms with Gasteiger partial charge in [0.1, 0.15) is 0 Å². The van der Waals surface area contributed by atoms with Crippen molar-refractivity contribution in [2.24, 2.45) is 0 Å². The predicted octanol–water partition coefficient (Wildman–Crippen LogP) is 11.8. The smallest absolute Gasteiger partial charge is 0.0991 e. The van der Waals surface area contributed by atoms with Gasteiger partial charge in [-0.25, -0.2) is 0 Å². The van der Waals surface area contributed by atoms with Crippen LogP contribution >= 0.6 is 0 Å². The summed E-state index contributed by atoms with van der Waals surface area (Å²) in [5, 5.41) is 9.36. The summed E-state index contributed by atoms with van der Waals surface area (Å²) in [6.07, 6.45) is 19.2. The van der Waals surface area contributed by atoms with Crippen molar-refractivity contribution < 1.29 is 0 Å². The van der Waals surface area contributed by atoms with Gasteiger partial charge in [0.15, 0.2) is 0 Å². The van der Waals surface area contributed by atoms with E-state index in [1.165, 1.54) is 50.6 Å². The van der Waals surface area contributed by atoms with E-state index in [1.54, 1.807) is 6.08 Å². The number of nitrogens with zero attached hydrogens (tertiary/aromatic N) is 3. The first-order valence-corrected chi connectivity index (χ1v) is 17.0. The second-order valence-electron chi connectivity index (χ2n) is 13.2. The molecule has 1 heterocycles. The van der Waals surface area contributed by atoms with Gasteiger partial charge >= 0.3 is 0 Å². The second-order valence-corrected chi connectivity index (χ2v) is 13.2. The predicted molar refractivity (Wildman–Crippen MR) is 207 cm³/mol. The topological polar surface area (TPSA) is 30.3 Å². The molecule has 0 N–H and O–H groups in total. The normalized spacial score (nSPS) is 20.0. The molecule has 4 aromatic carbocycles. The SMILES string of the molecule is C=C/C(C#N)=C\C=C(/C)c1ccc2c(c1)C1=CC(C3=CCC(C)(N(c4ccccc4)c4ccccc4C)C=C3)=CCC1N2c1ccccc1. The lowest BCUT2D eigenvalue weighted by Crippen LogP contribution is -2.42. The van der Waals surface area contributed by atoms with Gasteiger partial charge in [0.25, 0.3) is 0 Å². The number of para-hydroxylation sites is 3. The highest BCUT2D eigenvalue weighted by Crippen LogP contribution is 2.50. The molecule has 2 atom stereocenters. The number of hydrogen-bond donors (Lipinski definition) is 0. The number of aryl methyl sites for hydroxylation is 1. The second kappa shape index (κ2) is 13.3. The molecule has 3 heteroatoms. The maximum atomic E-state index is 9.36. The first-order valence-electron chi connectivity index (χ1n) is 17.0. The number of fused-ring (bicyclic) bond motifs is 3. The lowest BCUT2D eigenvalue weighted by Gasteiger charge is -2.43. The van der Waals surface area contributed by atoms with Crippen molar-refractivity contribution in [2.45, 2.75) is 45.2 Å². The van der Waals surface area contributed by atoms with Crippen LogP contribution in [0, 0.1) is 18.3 Å². The molecule has 0 spiro atoms. The Morgan fingerprint density at radius 1 is 0.918 bits per heavy atom. The van der Waals surface area contributed by atoms with Gasteiger partial charge < -0.3 is 9.80 Å². The largest absolute Gasteiger partial charge is 0.333 e. The minimum atomic E-state index is -0.226. The molecule has 240 valence electrons. The minimum Gasteiger partial charge on any atom is -0.333 e. The summed E-state index contributed by atoms with van der Waals surface area (Å²) >= 11 is 0. The lowest BCUT2D eigenvalue weighted by molar-refractivity contribution is 0.567. The fourth-order valence-electron chi connectivity index (χ4n) is 7.35. The highest BCUT2D eigenvalue weighted by atomic mass is 15.2. The number of hydrogen-bond acceptors (Lipinski definition) is 3. The quantitative estimate of drug-likeness (QED) is 0.143. The van der Waals surface area contributed by atoms with E-state index in [0.29, 0.717) is 5.57 Å². The zero-order chi connectivity index (χ0) is 34.0. The standard InChI is InChI=1S/C46H41N3/c1-5-35(32-47)21-20-33(2)37-22-24-44-41(30-37)42-31-38(23-25-45(42)48(44)39-15-8-6-9-16-39)36-26-28-46(4,29-27-36)49(40-17-10-7-11-18-40)43-19-13-12-14-34(43)3/h5-24,26-28,30-31,45H,1,25,29H2,2-4H3/b33-20+,35-21+. The molecule has 3 aliphatic rings. The fraction of sp³-hybridized carbons (Fsp3) is 0.152. The summed E-state index contributed by atoms with van der Waals surface area (Å²) in [7, 11) is 0. The summed E-state index contributed by atoms with van der Waals surface area (Å²) in [5.74, 6) is 0. The first kappa shape index (κ1) is 31.7. The van der Waals surface area contributed by atoms with Crippen molar-refractivity contribution in [1.82, 2.24) is 0 Å². The van der Waals surface area contributed by atoms with Crippen LogP contribution < -0.4 is 9.80 Å². The molecule has 1 aliphatic heterocycles. The van der Waals surface area contributed by atoms with Gasteiger partial charge in [-0.05, 0) is 122 Å². The van der Waals surface area contributed by atoms with Gasteiger partial charge in [0, 0.05) is 28.3 Å². The van der Waals surface area contributed by atoms with Gasteiger partial charge in [-0.1, -0.05) is 104 Å². The summed E-state index contributed by atoms with van der Waals surface area (Å²) in [5.41, 5.74) is 13.8. The molecule has 0 saturated heterocycles. The maximum Gasteiger partial charge on any atom is 0.0991 e. The third-order valence-corrected chi connectivity index (χ3v) is 10.0. The lowest BCUT2D eigenvalue weighted by atomic mass is 9.82. The third-order valence-electron chi connectivity index (χ3n) is 10.0. The number of benzene rings is 4. The van der Waals surface area contributed by atoms with Gasteiger partial charge in [-0.15, -0.1) is 0 Å². The summed E-state index contributed by atoms with van der Waals surface area (Å²) < 4.78 is 0. The Bertz CT molecular complexity index is 2140. The van der Waals surface area contributed by atoms with Crippen LogP contribution in [-0.4, -0.2) is 11.6 Å². The monoisotopic (exact) mass is 635 g/mol. The number of anilines is 4. The minimum absolute atomic E-state index is 0.222. The Kier molecular flexibility index (Phi) is 8.64. The third kappa shape index (κ3) is 6.03. The van der Waals surface area contributed by atoms with Crippen molar-refractivity contribution in [2.75, 3.05) is 9.80 Å². The molecule has 3 nitrogen and oxygen atoms in total. The van der Waals surface area contributed by atoms with Crippen LogP contribution in [0.4, 0.5) is 22.7 Å². The number of nitriles is 1.